The summed E-state index contributed by atoms with van der Waals surface area (Å²) < 4.78 is 27.2. The van der Waals surface area contributed by atoms with Gasteiger partial charge in [-0.15, -0.1) is 0 Å². The minimum Gasteiger partial charge on any atom is -0.378 e. The van der Waals surface area contributed by atoms with E-state index in [1.54, 1.807) is 0 Å². The Hall–Kier alpha value is 0.200. The van der Waals surface area contributed by atoms with Crippen LogP contribution in [-0.4, -0.2) is 25.9 Å². The first-order valence-electron chi connectivity index (χ1n) is 4.59. The summed E-state index contributed by atoms with van der Waals surface area (Å²) in [6.45, 7) is 0.767. The van der Waals surface area contributed by atoms with Gasteiger partial charge in [-0.05, 0) is 32.1 Å². The molecule has 3 nitrogen and oxygen atoms in total. The van der Waals surface area contributed by atoms with Crippen LogP contribution in [0.15, 0.2) is 0 Å². The number of hydrogen-bond acceptors (Lipinski definition) is 3. The van der Waals surface area contributed by atoms with Crippen LogP contribution in [0.1, 0.15) is 32.1 Å². The van der Waals surface area contributed by atoms with E-state index in [1.807, 2.05) is 0 Å². The fourth-order valence-electron chi connectivity index (χ4n) is 1.91. The molecule has 0 spiro atoms. The summed E-state index contributed by atoms with van der Waals surface area (Å²) in [6.07, 6.45) is 4.16. The van der Waals surface area contributed by atoms with Crippen molar-refractivity contribution in [3.05, 3.63) is 0 Å². The maximum Gasteiger partial charge on any atom is 0.238 e. The molecule has 76 valence electrons. The minimum atomic E-state index is -3.39. The van der Waals surface area contributed by atoms with Gasteiger partial charge in [0.05, 0.1) is 10.9 Å². The van der Waals surface area contributed by atoms with Crippen LogP contribution < -0.4 is 0 Å². The van der Waals surface area contributed by atoms with Gasteiger partial charge in [-0.2, -0.15) is 0 Å². The van der Waals surface area contributed by atoms with Gasteiger partial charge in [0.1, 0.15) is 0 Å². The van der Waals surface area contributed by atoms with Crippen LogP contribution in [0.3, 0.4) is 0 Å². The summed E-state index contributed by atoms with van der Waals surface area (Å²) in [7, 11) is 2.00. The summed E-state index contributed by atoms with van der Waals surface area (Å²) >= 11 is 0. The predicted octanol–water partition coefficient (Wildman–Crippen LogP) is 1.66. The zero-order chi connectivity index (χ0) is 9.53. The van der Waals surface area contributed by atoms with Crippen molar-refractivity contribution in [1.29, 1.82) is 0 Å². The largest absolute Gasteiger partial charge is 0.378 e. The molecule has 5 heteroatoms. The molecule has 1 aliphatic carbocycles. The third kappa shape index (κ3) is 1.85. The van der Waals surface area contributed by atoms with E-state index in [0.29, 0.717) is 19.3 Å². The van der Waals surface area contributed by atoms with Crippen LogP contribution in [0.25, 0.3) is 0 Å². The quantitative estimate of drug-likeness (QED) is 0.685. The van der Waals surface area contributed by atoms with Crippen LogP contribution in [0, 0.1) is 0 Å². The van der Waals surface area contributed by atoms with Crippen LogP contribution in [0.5, 0.6) is 0 Å². The van der Waals surface area contributed by atoms with E-state index in [9.17, 15) is 8.42 Å². The molecule has 2 aliphatic rings. The molecular formula is C8H13ClO3S. The first-order valence-corrected chi connectivity index (χ1v) is 6.90. The van der Waals surface area contributed by atoms with E-state index in [4.69, 9.17) is 15.4 Å². The lowest BCUT2D eigenvalue weighted by molar-refractivity contribution is 0.102. The van der Waals surface area contributed by atoms with Gasteiger partial charge in [0, 0.05) is 17.3 Å². The maximum absolute atomic E-state index is 11.2. The number of rotatable bonds is 3. The van der Waals surface area contributed by atoms with E-state index in [1.165, 1.54) is 0 Å². The molecule has 1 aliphatic heterocycles. The van der Waals surface area contributed by atoms with E-state index in [2.05, 4.69) is 0 Å². The third-order valence-corrected chi connectivity index (χ3v) is 5.54. The maximum atomic E-state index is 11.2. The molecule has 0 aromatic rings. The molecule has 0 radical (unpaired) electrons. The second-order valence-electron chi connectivity index (χ2n) is 3.96. The SMILES string of the molecule is O=S(=O)(Cl)C1(C[C@H]2CCCO2)CC1. The highest BCUT2D eigenvalue weighted by atomic mass is 35.7. The van der Waals surface area contributed by atoms with E-state index in [-0.39, 0.29) is 6.10 Å². The molecule has 0 amide bonds. The van der Waals surface area contributed by atoms with Crippen molar-refractivity contribution in [2.45, 2.75) is 43.0 Å². The molecular weight excluding hydrogens is 212 g/mol. The second kappa shape index (κ2) is 3.11. The second-order valence-corrected chi connectivity index (χ2v) is 6.92. The monoisotopic (exact) mass is 224 g/mol. The zero-order valence-electron chi connectivity index (χ0n) is 7.33. The number of halogens is 1. The molecule has 13 heavy (non-hydrogen) atoms. The van der Waals surface area contributed by atoms with Gasteiger partial charge in [0.25, 0.3) is 0 Å². The van der Waals surface area contributed by atoms with Crippen LogP contribution in [0.2, 0.25) is 0 Å². The molecule has 0 bridgehead atoms. The van der Waals surface area contributed by atoms with Crippen molar-refractivity contribution < 1.29 is 13.2 Å². The average molecular weight is 225 g/mol. The first kappa shape index (κ1) is 9.74. The van der Waals surface area contributed by atoms with E-state index in [0.717, 1.165) is 19.4 Å². The Morgan fingerprint density at radius 2 is 2.15 bits per heavy atom. The molecule has 2 rings (SSSR count). The van der Waals surface area contributed by atoms with Crippen LogP contribution >= 0.6 is 10.7 Å². The lowest BCUT2D eigenvalue weighted by Crippen LogP contribution is -2.24. The summed E-state index contributed by atoms with van der Waals surface area (Å²) in [4.78, 5) is 0. The number of hydrogen-bond donors (Lipinski definition) is 0. The highest BCUT2D eigenvalue weighted by molar-refractivity contribution is 8.15. The third-order valence-electron chi connectivity index (χ3n) is 2.95. The van der Waals surface area contributed by atoms with Gasteiger partial charge in [-0.3, -0.25) is 0 Å². The Morgan fingerprint density at radius 1 is 1.46 bits per heavy atom. The Balaban J connectivity index is 2.01. The molecule has 2 fully saturated rings. The summed E-state index contributed by atoms with van der Waals surface area (Å²) in [5, 5.41) is 0. The lowest BCUT2D eigenvalue weighted by Gasteiger charge is -2.15. The van der Waals surface area contributed by atoms with Crippen molar-refractivity contribution in [3.63, 3.8) is 0 Å². The molecule has 0 aromatic carbocycles. The molecule has 0 unspecified atom stereocenters. The van der Waals surface area contributed by atoms with E-state index < -0.39 is 13.8 Å². The molecule has 1 saturated heterocycles. The molecule has 0 N–H and O–H groups in total. The average Bonchev–Trinajstić information content (AvgIpc) is 2.59. The van der Waals surface area contributed by atoms with Crippen molar-refractivity contribution in [2.24, 2.45) is 0 Å². The van der Waals surface area contributed by atoms with Crippen LogP contribution in [-0.2, 0) is 13.8 Å². The fraction of sp³-hybridized carbons (Fsp3) is 1.00. The van der Waals surface area contributed by atoms with Gasteiger partial charge >= 0.3 is 0 Å². The smallest absolute Gasteiger partial charge is 0.238 e. The predicted molar refractivity (Wildman–Crippen MR) is 50.3 cm³/mol. The highest BCUT2D eigenvalue weighted by Gasteiger charge is 2.55. The first-order chi connectivity index (χ1) is 6.04. The molecule has 1 heterocycles. The topological polar surface area (TPSA) is 43.4 Å². The lowest BCUT2D eigenvalue weighted by atomic mass is 10.1. The Labute approximate surface area is 82.8 Å². The van der Waals surface area contributed by atoms with Gasteiger partial charge in [0.2, 0.25) is 9.05 Å². The van der Waals surface area contributed by atoms with Gasteiger partial charge in [-0.1, -0.05) is 0 Å². The standard InChI is InChI=1S/C8H13ClO3S/c9-13(10,11)8(3-4-8)6-7-2-1-5-12-7/h7H,1-6H2/t7-/m1/s1. The Bertz CT molecular complexity index is 289. The minimum absolute atomic E-state index is 0.121. The molecule has 1 saturated carbocycles. The van der Waals surface area contributed by atoms with E-state index >= 15 is 0 Å². The van der Waals surface area contributed by atoms with Crippen LogP contribution in [0.4, 0.5) is 0 Å². The Kier molecular flexibility index (Phi) is 2.33. The van der Waals surface area contributed by atoms with Crippen molar-refractivity contribution >= 4 is 19.7 Å². The molecule has 0 aromatic heterocycles. The summed E-state index contributed by atoms with van der Waals surface area (Å²) in [5.41, 5.74) is 0. The normalized spacial score (nSPS) is 31.9. The van der Waals surface area contributed by atoms with Gasteiger partial charge < -0.3 is 4.74 Å². The zero-order valence-corrected chi connectivity index (χ0v) is 8.90. The number of ether oxygens (including phenoxy) is 1. The van der Waals surface area contributed by atoms with Crippen molar-refractivity contribution in [3.8, 4) is 0 Å². The fourth-order valence-corrected chi connectivity index (χ4v) is 3.53. The highest BCUT2D eigenvalue weighted by Crippen LogP contribution is 2.50. The molecule has 1 atom stereocenters. The Morgan fingerprint density at radius 3 is 2.54 bits per heavy atom. The van der Waals surface area contributed by atoms with Gasteiger partial charge in [-0.25, -0.2) is 8.42 Å². The van der Waals surface area contributed by atoms with Crippen molar-refractivity contribution in [1.82, 2.24) is 0 Å². The summed E-state index contributed by atoms with van der Waals surface area (Å²) in [6, 6.07) is 0. The van der Waals surface area contributed by atoms with Gasteiger partial charge in [0.15, 0.2) is 0 Å². The van der Waals surface area contributed by atoms with Crippen molar-refractivity contribution in [2.75, 3.05) is 6.61 Å². The summed E-state index contributed by atoms with van der Waals surface area (Å²) in [5.74, 6) is 0.